The van der Waals surface area contributed by atoms with Crippen LogP contribution in [0, 0.1) is 0 Å². The summed E-state index contributed by atoms with van der Waals surface area (Å²) in [6.45, 7) is 6.69. The number of aromatic nitrogens is 3. The highest BCUT2D eigenvalue weighted by molar-refractivity contribution is 6.02. The van der Waals surface area contributed by atoms with Crippen LogP contribution in [-0.4, -0.2) is 41.3 Å². The van der Waals surface area contributed by atoms with Gasteiger partial charge in [-0.2, -0.15) is 0 Å². The lowest BCUT2D eigenvalue weighted by atomic mass is 10.0. The van der Waals surface area contributed by atoms with Gasteiger partial charge >= 0.3 is 0 Å². The molecule has 6 nitrogen and oxygen atoms in total. The Hall–Kier alpha value is -3.12. The van der Waals surface area contributed by atoms with Crippen molar-refractivity contribution in [2.24, 2.45) is 0 Å². The van der Waals surface area contributed by atoms with E-state index in [4.69, 9.17) is 9.47 Å². The molecular weight excluding hydrogens is 352 g/mol. The minimum Gasteiger partial charge on any atom is -0.494 e. The van der Waals surface area contributed by atoms with Crippen molar-refractivity contribution in [1.29, 1.82) is 0 Å². The van der Waals surface area contributed by atoms with Crippen LogP contribution in [0.15, 0.2) is 48.9 Å². The van der Waals surface area contributed by atoms with Crippen LogP contribution in [0.25, 0.3) is 32.9 Å². The molecule has 0 unspecified atom stereocenters. The fourth-order valence-corrected chi connectivity index (χ4v) is 3.36. The first-order chi connectivity index (χ1) is 13.8. The van der Waals surface area contributed by atoms with E-state index < -0.39 is 0 Å². The predicted molar refractivity (Wildman–Crippen MR) is 113 cm³/mol. The molecule has 28 heavy (non-hydrogen) atoms. The van der Waals surface area contributed by atoms with Crippen LogP contribution in [0.3, 0.4) is 0 Å². The second-order valence-corrected chi connectivity index (χ2v) is 6.43. The van der Waals surface area contributed by atoms with Gasteiger partial charge in [-0.15, -0.1) is 0 Å². The highest BCUT2D eigenvalue weighted by atomic mass is 16.5. The Balaban J connectivity index is 1.71. The molecule has 0 aliphatic heterocycles. The summed E-state index contributed by atoms with van der Waals surface area (Å²) in [5.74, 6) is 1.71. The third-order valence-corrected chi connectivity index (χ3v) is 4.65. The van der Waals surface area contributed by atoms with Crippen molar-refractivity contribution in [3.8, 4) is 16.9 Å². The van der Waals surface area contributed by atoms with Crippen LogP contribution in [0.4, 0.5) is 5.82 Å². The van der Waals surface area contributed by atoms with Gasteiger partial charge in [0.15, 0.2) is 0 Å². The Kier molecular flexibility index (Phi) is 5.39. The van der Waals surface area contributed by atoms with Crippen molar-refractivity contribution in [3.05, 3.63) is 48.9 Å². The maximum Gasteiger partial charge on any atom is 0.143 e. The molecule has 0 aliphatic carbocycles. The predicted octanol–water partition coefficient (Wildman–Crippen LogP) is 4.63. The summed E-state index contributed by atoms with van der Waals surface area (Å²) in [7, 11) is 0. The van der Waals surface area contributed by atoms with Gasteiger partial charge in [-0.25, -0.2) is 9.97 Å². The molecule has 2 aromatic carbocycles. The zero-order valence-corrected chi connectivity index (χ0v) is 16.2. The van der Waals surface area contributed by atoms with Crippen molar-refractivity contribution in [3.63, 3.8) is 0 Å². The number of hydrogen-bond donors (Lipinski definition) is 2. The van der Waals surface area contributed by atoms with Gasteiger partial charge < -0.3 is 19.8 Å². The smallest absolute Gasteiger partial charge is 0.143 e. The molecule has 0 atom stereocenters. The van der Waals surface area contributed by atoms with Crippen LogP contribution in [0.5, 0.6) is 5.75 Å². The minimum absolute atomic E-state index is 0.639. The molecule has 2 heterocycles. The van der Waals surface area contributed by atoms with Crippen molar-refractivity contribution in [2.45, 2.75) is 13.8 Å². The average molecular weight is 376 g/mol. The number of H-pyrrole nitrogens is 1. The van der Waals surface area contributed by atoms with Crippen LogP contribution in [0.1, 0.15) is 13.8 Å². The van der Waals surface area contributed by atoms with Crippen molar-refractivity contribution in [1.82, 2.24) is 15.0 Å². The maximum atomic E-state index is 5.60. The molecule has 144 valence electrons. The first-order valence-corrected chi connectivity index (χ1v) is 9.60. The highest BCUT2D eigenvalue weighted by Crippen LogP contribution is 2.34. The monoisotopic (exact) mass is 376 g/mol. The van der Waals surface area contributed by atoms with E-state index in [-0.39, 0.29) is 0 Å². The summed E-state index contributed by atoms with van der Waals surface area (Å²) in [6.07, 6.45) is 3.56. The van der Waals surface area contributed by atoms with E-state index in [9.17, 15) is 0 Å². The summed E-state index contributed by atoms with van der Waals surface area (Å²) in [5.41, 5.74) is 3.01. The fourth-order valence-electron chi connectivity index (χ4n) is 3.36. The molecule has 0 saturated heterocycles. The molecule has 0 bridgehead atoms. The summed E-state index contributed by atoms with van der Waals surface area (Å²) < 4.78 is 11.0. The number of hydrogen-bond acceptors (Lipinski definition) is 5. The third kappa shape index (κ3) is 3.64. The Morgan fingerprint density at radius 2 is 1.86 bits per heavy atom. The molecule has 0 aliphatic rings. The SMILES string of the molecule is CCOCCNc1ncnc2[nH]cc(-c3ccc4cc(OCC)ccc4c3)c12. The van der Waals surface area contributed by atoms with Gasteiger partial charge in [0.05, 0.1) is 18.6 Å². The van der Waals surface area contributed by atoms with E-state index >= 15 is 0 Å². The third-order valence-electron chi connectivity index (χ3n) is 4.65. The number of rotatable bonds is 8. The van der Waals surface area contributed by atoms with E-state index in [1.165, 1.54) is 0 Å². The number of nitrogens with one attached hydrogen (secondary N) is 2. The van der Waals surface area contributed by atoms with Gasteiger partial charge in [-0.3, -0.25) is 0 Å². The lowest BCUT2D eigenvalue weighted by molar-refractivity contribution is 0.158. The average Bonchev–Trinajstić information content (AvgIpc) is 3.16. The zero-order valence-electron chi connectivity index (χ0n) is 16.2. The van der Waals surface area contributed by atoms with Crippen LogP contribution in [0.2, 0.25) is 0 Å². The van der Waals surface area contributed by atoms with E-state index in [2.05, 4.69) is 50.6 Å². The van der Waals surface area contributed by atoms with E-state index in [1.807, 2.05) is 26.1 Å². The molecular formula is C22H24N4O2. The summed E-state index contributed by atoms with van der Waals surface area (Å²) in [4.78, 5) is 12.1. The molecule has 4 rings (SSSR count). The second kappa shape index (κ2) is 8.27. The number of benzene rings is 2. The fraction of sp³-hybridized carbons (Fsp3) is 0.273. The van der Waals surface area contributed by atoms with Gasteiger partial charge in [-0.1, -0.05) is 18.2 Å². The largest absolute Gasteiger partial charge is 0.494 e. The molecule has 0 saturated carbocycles. The van der Waals surface area contributed by atoms with Crippen LogP contribution < -0.4 is 10.1 Å². The Morgan fingerprint density at radius 1 is 1.00 bits per heavy atom. The maximum absolute atomic E-state index is 5.60. The summed E-state index contributed by atoms with van der Waals surface area (Å²) in [6, 6.07) is 12.6. The topological polar surface area (TPSA) is 72.1 Å². The first-order valence-electron chi connectivity index (χ1n) is 9.60. The van der Waals surface area contributed by atoms with Gasteiger partial charge in [-0.05, 0) is 48.4 Å². The van der Waals surface area contributed by atoms with Crippen molar-refractivity contribution < 1.29 is 9.47 Å². The van der Waals surface area contributed by atoms with Crippen molar-refractivity contribution in [2.75, 3.05) is 31.7 Å². The van der Waals surface area contributed by atoms with E-state index in [1.54, 1.807) is 6.33 Å². The molecule has 2 aromatic heterocycles. The summed E-state index contributed by atoms with van der Waals surface area (Å²) in [5, 5.41) is 6.67. The number of fused-ring (bicyclic) bond motifs is 2. The second-order valence-electron chi connectivity index (χ2n) is 6.43. The molecule has 2 N–H and O–H groups in total. The molecule has 4 aromatic rings. The summed E-state index contributed by atoms with van der Waals surface area (Å²) >= 11 is 0. The van der Waals surface area contributed by atoms with Gasteiger partial charge in [0, 0.05) is 24.9 Å². The quantitative estimate of drug-likeness (QED) is 0.439. The highest BCUT2D eigenvalue weighted by Gasteiger charge is 2.13. The Bertz CT molecular complexity index is 1090. The van der Waals surface area contributed by atoms with Gasteiger partial charge in [0.1, 0.15) is 23.5 Å². The number of aromatic amines is 1. The minimum atomic E-state index is 0.639. The van der Waals surface area contributed by atoms with Crippen molar-refractivity contribution >= 4 is 27.6 Å². The molecule has 0 spiro atoms. The number of anilines is 1. The molecule has 0 radical (unpaired) electrons. The number of nitrogens with zero attached hydrogens (tertiary/aromatic N) is 2. The Morgan fingerprint density at radius 3 is 2.71 bits per heavy atom. The molecule has 0 amide bonds. The normalized spacial score (nSPS) is 11.2. The molecule has 0 fully saturated rings. The lowest BCUT2D eigenvalue weighted by Gasteiger charge is -2.09. The van der Waals surface area contributed by atoms with Crippen LogP contribution >= 0.6 is 0 Å². The van der Waals surface area contributed by atoms with Gasteiger partial charge in [0.25, 0.3) is 0 Å². The van der Waals surface area contributed by atoms with E-state index in [0.717, 1.165) is 44.5 Å². The van der Waals surface area contributed by atoms with Crippen LogP contribution in [-0.2, 0) is 4.74 Å². The number of ether oxygens (including phenoxy) is 2. The molecule has 6 heteroatoms. The lowest BCUT2D eigenvalue weighted by Crippen LogP contribution is -2.10. The first kappa shape index (κ1) is 18.3. The zero-order chi connectivity index (χ0) is 19.3. The van der Waals surface area contributed by atoms with Gasteiger partial charge in [0.2, 0.25) is 0 Å². The Labute approximate surface area is 163 Å². The van der Waals surface area contributed by atoms with E-state index in [0.29, 0.717) is 26.4 Å². The standard InChI is InChI=1S/C22H24N4O2/c1-3-27-10-9-23-21-20-19(13-24-22(20)26-14-25-21)17-6-5-16-12-18(28-4-2)8-7-15(16)11-17/h5-8,11-14H,3-4,9-10H2,1-2H3,(H2,23,24,25,26).